The summed E-state index contributed by atoms with van der Waals surface area (Å²) in [5.74, 6) is -3.89. The fourth-order valence-electron chi connectivity index (χ4n) is 7.33. The van der Waals surface area contributed by atoms with E-state index in [1.165, 1.54) is 21.0 Å². The average molecular weight is 851 g/mol. The summed E-state index contributed by atoms with van der Waals surface area (Å²) in [7, 11) is 5.55. The highest BCUT2D eigenvalue weighted by Gasteiger charge is 2.49. The molecule has 4 N–H and O–H groups in total. The molecule has 2 heterocycles. The Balaban J connectivity index is 0. The van der Waals surface area contributed by atoms with Crippen LogP contribution in [0.1, 0.15) is 135 Å². The molecule has 13 atom stereocenters. The van der Waals surface area contributed by atoms with Crippen molar-refractivity contribution in [2.75, 3.05) is 34.4 Å². The van der Waals surface area contributed by atoms with E-state index in [1.54, 1.807) is 27.7 Å². The molecule has 2 rings (SSSR count). The van der Waals surface area contributed by atoms with Crippen molar-refractivity contribution >= 4 is 30.1 Å². The summed E-state index contributed by atoms with van der Waals surface area (Å²) in [6.07, 6.45) is -0.497. The number of aldehydes is 1. The molecule has 16 nitrogen and oxygen atoms in total. The number of carbonyl (C=O) groups excluding carboxylic acids is 5. The highest BCUT2D eigenvalue weighted by molar-refractivity contribution is 5.83. The van der Waals surface area contributed by atoms with Gasteiger partial charge in [0, 0.05) is 63.5 Å². The predicted molar refractivity (Wildman–Crippen MR) is 224 cm³/mol. The van der Waals surface area contributed by atoms with Gasteiger partial charge in [-0.3, -0.25) is 14.4 Å². The lowest BCUT2D eigenvalue weighted by molar-refractivity contribution is -0.295. The smallest absolute Gasteiger partial charge is 0.404 e. The number of carbonyl (C=O) groups is 5. The number of hydrogen-bond acceptors (Lipinski definition) is 15. The van der Waals surface area contributed by atoms with Gasteiger partial charge in [-0.25, -0.2) is 4.79 Å². The molecular formula is C43H82N2O14. The summed E-state index contributed by atoms with van der Waals surface area (Å²) in [6.45, 7) is 22.6. The lowest BCUT2D eigenvalue weighted by atomic mass is 9.74. The number of nitrogens with zero attached hydrogens (tertiary/aromatic N) is 1. The Morgan fingerprint density at radius 1 is 1.00 bits per heavy atom. The molecule has 0 radical (unpaired) electrons. The second-order valence-electron chi connectivity index (χ2n) is 15.8. The minimum Gasteiger partial charge on any atom is -0.462 e. The maximum atomic E-state index is 13.3. The summed E-state index contributed by atoms with van der Waals surface area (Å²) in [6, 6.07) is 0.466. The van der Waals surface area contributed by atoms with Crippen molar-refractivity contribution in [1.29, 1.82) is 0 Å². The number of methoxy groups -OCH3 is 1. The molecule has 8 unspecified atom stereocenters. The Labute approximate surface area is 354 Å². The Morgan fingerprint density at radius 2 is 1.59 bits per heavy atom. The van der Waals surface area contributed by atoms with E-state index in [1.807, 2.05) is 62.6 Å². The molecule has 2 aliphatic rings. The first-order valence-corrected chi connectivity index (χ1v) is 21.3. The van der Waals surface area contributed by atoms with Crippen molar-refractivity contribution in [3.8, 4) is 0 Å². The number of amides is 1. The van der Waals surface area contributed by atoms with E-state index in [2.05, 4.69) is 4.90 Å². The van der Waals surface area contributed by atoms with Gasteiger partial charge in [-0.2, -0.15) is 0 Å². The Bertz CT molecular complexity index is 1210. The normalized spacial score (nSPS) is 27.4. The lowest BCUT2D eigenvalue weighted by Gasteiger charge is -2.46. The Kier molecular flexibility index (Phi) is 29.2. The quantitative estimate of drug-likeness (QED) is 0.0772. The zero-order valence-corrected chi connectivity index (χ0v) is 39.1. The molecule has 0 saturated carbocycles. The van der Waals surface area contributed by atoms with Gasteiger partial charge >= 0.3 is 18.0 Å². The van der Waals surface area contributed by atoms with Gasteiger partial charge in [0.05, 0.1) is 36.4 Å². The van der Waals surface area contributed by atoms with Gasteiger partial charge in [-0.1, -0.05) is 54.9 Å². The number of aliphatic hydroxyl groups excluding tert-OH is 1. The molecule has 2 fully saturated rings. The molecule has 2 saturated heterocycles. The molecule has 1 amide bonds. The summed E-state index contributed by atoms with van der Waals surface area (Å²) >= 11 is 0. The molecular weight excluding hydrogens is 768 g/mol. The maximum absolute atomic E-state index is 13.3. The van der Waals surface area contributed by atoms with E-state index in [9.17, 15) is 34.2 Å². The molecule has 0 aromatic carbocycles. The fraction of sp³-hybridized carbons (Fsp3) is 0.884. The molecule has 0 aliphatic carbocycles. The number of ketones is 1. The number of ether oxygens (including phenoxy) is 7. The topological polar surface area (TPSA) is 220 Å². The van der Waals surface area contributed by atoms with Crippen LogP contribution in [-0.4, -0.2) is 134 Å². The molecule has 0 aromatic heterocycles. The van der Waals surface area contributed by atoms with Crippen LogP contribution >= 0.6 is 0 Å². The minimum absolute atomic E-state index is 0.0511. The Hall–Kier alpha value is -2.73. The van der Waals surface area contributed by atoms with Crippen molar-refractivity contribution < 1.29 is 67.3 Å². The molecule has 0 bridgehead atoms. The summed E-state index contributed by atoms with van der Waals surface area (Å²) < 4.78 is 38.9. The van der Waals surface area contributed by atoms with Crippen LogP contribution in [0.15, 0.2) is 0 Å². The third kappa shape index (κ3) is 20.6. The van der Waals surface area contributed by atoms with E-state index in [-0.39, 0.29) is 43.7 Å². The Morgan fingerprint density at radius 3 is 2.07 bits per heavy atom. The molecule has 16 heteroatoms. The standard InChI is InChI=1S/C31H53NO12.C8H17NO2.2C2H6/c1-10-11-18(2)26(35)19(3)23(12-14-33)30(7,38)17-41-28(36)20(4)24(13-15-40-29(32)37)44-25-16-31(8,39-9)27(21(5)42-25)43-22(6)34;1-6-4-7(9(2)3)5-8(10)11-6;2*1-2/h14,18-21,23-25,27,38H,10-13,15-17H2,1-9H3,(H2,32,37);6-8,10H,4-5H2,1-3H3;2*1-2H3/t18-,19?,20?,21+,23?,24+,25?,27?,30-,31-;;;/m1.../s1. The van der Waals surface area contributed by atoms with Crippen molar-refractivity contribution in [3.05, 3.63) is 0 Å². The van der Waals surface area contributed by atoms with E-state index < -0.39 is 84.5 Å². The average Bonchev–Trinajstić information content (AvgIpc) is 3.17. The van der Waals surface area contributed by atoms with Crippen LogP contribution in [0.2, 0.25) is 0 Å². The lowest BCUT2D eigenvalue weighted by Crippen LogP contribution is -2.58. The number of primary amides is 1. The van der Waals surface area contributed by atoms with Crippen LogP contribution in [0.3, 0.4) is 0 Å². The monoisotopic (exact) mass is 851 g/mol. The third-order valence-corrected chi connectivity index (χ3v) is 10.7. The SMILES string of the molecule is CC.CC.CC1CC(N(C)C)CC(O)O1.CCC[C@@H](C)C(=O)C(C)C(CC=O)[C@](C)(O)COC(=O)C(C)[C@H](CCOC(N)=O)OC1C[C@@](C)(OC)C(OC(C)=O)[C@H](C)O1. The maximum Gasteiger partial charge on any atom is 0.404 e. The van der Waals surface area contributed by atoms with Gasteiger partial charge in [0.2, 0.25) is 0 Å². The zero-order valence-electron chi connectivity index (χ0n) is 39.1. The van der Waals surface area contributed by atoms with Crippen LogP contribution in [0, 0.1) is 23.7 Å². The number of Topliss-reactive ketones (excluding diaryl/α,β-unsaturated/α-hetero) is 1. The van der Waals surface area contributed by atoms with E-state index >= 15 is 0 Å². The van der Waals surface area contributed by atoms with Crippen molar-refractivity contribution in [1.82, 2.24) is 4.90 Å². The zero-order chi connectivity index (χ0) is 46.3. The van der Waals surface area contributed by atoms with Gasteiger partial charge in [0.15, 0.2) is 18.7 Å². The van der Waals surface area contributed by atoms with Crippen molar-refractivity contribution in [2.45, 2.75) is 189 Å². The molecule has 0 aromatic rings. The summed E-state index contributed by atoms with van der Waals surface area (Å²) in [4.78, 5) is 62.7. The molecule has 348 valence electrons. The number of rotatable bonds is 20. The van der Waals surface area contributed by atoms with E-state index in [0.29, 0.717) is 18.7 Å². The first-order valence-electron chi connectivity index (χ1n) is 21.3. The van der Waals surface area contributed by atoms with Gasteiger partial charge in [-0.15, -0.1) is 0 Å². The van der Waals surface area contributed by atoms with Gasteiger partial charge < -0.3 is 58.8 Å². The van der Waals surface area contributed by atoms with Gasteiger partial charge in [-0.05, 0) is 61.6 Å². The number of esters is 2. The highest BCUT2D eigenvalue weighted by atomic mass is 16.7. The van der Waals surface area contributed by atoms with Crippen molar-refractivity contribution in [3.63, 3.8) is 0 Å². The third-order valence-electron chi connectivity index (χ3n) is 10.7. The number of hydrogen-bond donors (Lipinski definition) is 3. The van der Waals surface area contributed by atoms with Crippen LogP contribution < -0.4 is 5.73 Å². The second-order valence-corrected chi connectivity index (χ2v) is 15.8. The number of nitrogens with two attached hydrogens (primary N) is 1. The highest BCUT2D eigenvalue weighted by Crippen LogP contribution is 2.36. The van der Waals surface area contributed by atoms with Gasteiger partial charge in [0.25, 0.3) is 0 Å². The van der Waals surface area contributed by atoms with Crippen LogP contribution in [0.5, 0.6) is 0 Å². The first kappa shape index (κ1) is 58.4. The predicted octanol–water partition coefficient (Wildman–Crippen LogP) is 5.59. The van der Waals surface area contributed by atoms with Crippen LogP contribution in [0.4, 0.5) is 4.79 Å². The summed E-state index contributed by atoms with van der Waals surface area (Å²) in [5, 5.41) is 20.6. The second kappa shape index (κ2) is 29.5. The van der Waals surface area contributed by atoms with E-state index in [4.69, 9.17) is 38.9 Å². The van der Waals surface area contributed by atoms with Crippen LogP contribution in [-0.2, 0) is 52.3 Å². The largest absolute Gasteiger partial charge is 0.462 e. The first-order chi connectivity index (χ1) is 27.5. The van der Waals surface area contributed by atoms with Crippen molar-refractivity contribution in [2.24, 2.45) is 29.4 Å². The summed E-state index contributed by atoms with van der Waals surface area (Å²) in [5.41, 5.74) is 2.45. The number of aliphatic hydroxyl groups is 2. The molecule has 2 aliphatic heterocycles. The molecule has 0 spiro atoms. The molecule has 59 heavy (non-hydrogen) atoms. The van der Waals surface area contributed by atoms with Crippen LogP contribution in [0.25, 0.3) is 0 Å². The van der Waals surface area contributed by atoms with Gasteiger partial charge in [0.1, 0.15) is 24.3 Å². The minimum atomic E-state index is -1.68. The van der Waals surface area contributed by atoms with E-state index in [0.717, 1.165) is 19.3 Å². The fourth-order valence-corrected chi connectivity index (χ4v) is 7.33.